The Morgan fingerprint density at radius 2 is 1.89 bits per heavy atom. The lowest BCUT2D eigenvalue weighted by Gasteiger charge is -2.17. The van der Waals surface area contributed by atoms with Crippen molar-refractivity contribution >= 4 is 22.9 Å². The van der Waals surface area contributed by atoms with E-state index in [4.69, 9.17) is 9.72 Å². The van der Waals surface area contributed by atoms with E-state index in [0.29, 0.717) is 34.9 Å². The Bertz CT molecular complexity index is 1340. The molecule has 3 aromatic heterocycles. The number of carbonyl (C=O) groups excluding carboxylic acids is 1. The fourth-order valence-corrected chi connectivity index (χ4v) is 3.99. The number of likely N-dealkylation sites (N-methyl/N-ethyl adjacent to an activating group) is 1. The summed E-state index contributed by atoms with van der Waals surface area (Å²) in [5.74, 6) is 0.358. The number of benzene rings is 1. The molecular weight excluding hydrogens is 450 g/mol. The van der Waals surface area contributed by atoms with Crippen LogP contribution in [0.4, 0.5) is 5.82 Å². The van der Waals surface area contributed by atoms with Crippen LogP contribution in [-0.4, -0.2) is 66.0 Å². The molecule has 4 N–H and O–H groups in total. The average Bonchev–Trinajstić information content (AvgIpc) is 3.44. The molecule has 1 aliphatic rings. The number of rotatable bonds is 6. The Labute approximate surface area is 200 Å². The topological polar surface area (TPSA) is 147 Å². The van der Waals surface area contributed by atoms with Crippen LogP contribution in [0.2, 0.25) is 0 Å². The van der Waals surface area contributed by atoms with Gasteiger partial charge in [0.1, 0.15) is 12.2 Å². The molecular formula is C24H25N7O4. The van der Waals surface area contributed by atoms with Crippen molar-refractivity contribution in [2.24, 2.45) is 0 Å². The van der Waals surface area contributed by atoms with Gasteiger partial charge >= 0.3 is 0 Å². The van der Waals surface area contributed by atoms with Crippen molar-refractivity contribution in [3.05, 3.63) is 66.2 Å². The predicted molar refractivity (Wildman–Crippen MR) is 127 cm³/mol. The van der Waals surface area contributed by atoms with Gasteiger partial charge in [0.05, 0.1) is 6.33 Å². The molecule has 11 nitrogen and oxygen atoms in total. The molecule has 4 atom stereocenters. The van der Waals surface area contributed by atoms with E-state index in [1.54, 1.807) is 6.20 Å². The summed E-state index contributed by atoms with van der Waals surface area (Å²) >= 11 is 0. The second-order valence-electron chi connectivity index (χ2n) is 8.29. The van der Waals surface area contributed by atoms with Crippen LogP contribution in [0.15, 0.2) is 55.0 Å². The Morgan fingerprint density at radius 3 is 2.60 bits per heavy atom. The number of ether oxygens (including phenoxy) is 1. The van der Waals surface area contributed by atoms with Gasteiger partial charge in [0.2, 0.25) is 0 Å². The summed E-state index contributed by atoms with van der Waals surface area (Å²) in [6.07, 6.45) is -1.93. The lowest BCUT2D eigenvalue weighted by Crippen LogP contribution is -2.41. The van der Waals surface area contributed by atoms with Crippen molar-refractivity contribution in [3.8, 4) is 11.4 Å². The van der Waals surface area contributed by atoms with Gasteiger partial charge in [-0.15, -0.1) is 0 Å². The van der Waals surface area contributed by atoms with Gasteiger partial charge in [0, 0.05) is 31.0 Å². The van der Waals surface area contributed by atoms with E-state index in [2.05, 4.69) is 25.6 Å². The van der Waals surface area contributed by atoms with Crippen molar-refractivity contribution in [2.45, 2.75) is 38.0 Å². The first-order chi connectivity index (χ1) is 17.0. The lowest BCUT2D eigenvalue weighted by atomic mass is 10.1. The molecule has 1 amide bonds. The molecule has 4 heterocycles. The van der Waals surface area contributed by atoms with Gasteiger partial charge in [-0.05, 0) is 24.6 Å². The highest BCUT2D eigenvalue weighted by Crippen LogP contribution is 2.33. The highest BCUT2D eigenvalue weighted by molar-refractivity contribution is 5.85. The number of carbonyl (C=O) groups is 1. The number of aliphatic hydroxyl groups excluding tert-OH is 2. The maximum absolute atomic E-state index is 12.1. The quantitative estimate of drug-likeness (QED) is 0.323. The van der Waals surface area contributed by atoms with Gasteiger partial charge in [0.25, 0.3) is 5.91 Å². The Morgan fingerprint density at radius 1 is 1.09 bits per heavy atom. The molecule has 5 rings (SSSR count). The number of aromatic nitrogens is 5. The average molecular weight is 476 g/mol. The van der Waals surface area contributed by atoms with E-state index in [9.17, 15) is 15.0 Å². The molecule has 0 radical (unpaired) electrons. The van der Waals surface area contributed by atoms with Gasteiger partial charge in [-0.2, -0.15) is 0 Å². The number of imidazole rings is 1. The molecule has 0 aliphatic carbocycles. The molecule has 1 aliphatic heterocycles. The Kier molecular flexibility index (Phi) is 6.12. The van der Waals surface area contributed by atoms with E-state index in [1.807, 2.05) is 49.4 Å². The van der Waals surface area contributed by atoms with Crippen LogP contribution in [0.3, 0.4) is 0 Å². The summed E-state index contributed by atoms with van der Waals surface area (Å²) in [6.45, 7) is 2.40. The molecule has 0 bridgehead atoms. The minimum Gasteiger partial charge on any atom is -0.387 e. The third-order valence-corrected chi connectivity index (χ3v) is 5.91. The number of anilines is 1. The second kappa shape index (κ2) is 9.37. The number of aliphatic hydroxyl groups is 2. The number of aryl methyl sites for hydroxylation is 1. The zero-order valence-corrected chi connectivity index (χ0v) is 19.2. The first-order valence-electron chi connectivity index (χ1n) is 11.1. The van der Waals surface area contributed by atoms with E-state index < -0.39 is 30.4 Å². The monoisotopic (exact) mass is 475 g/mol. The minimum absolute atomic E-state index is 0.375. The van der Waals surface area contributed by atoms with Gasteiger partial charge in [-0.3, -0.25) is 14.3 Å². The third kappa shape index (κ3) is 4.32. The molecule has 180 valence electrons. The van der Waals surface area contributed by atoms with Crippen molar-refractivity contribution in [2.75, 3.05) is 12.4 Å². The van der Waals surface area contributed by atoms with Crippen LogP contribution in [0.25, 0.3) is 22.6 Å². The molecule has 1 aromatic carbocycles. The zero-order valence-electron chi connectivity index (χ0n) is 19.2. The summed E-state index contributed by atoms with van der Waals surface area (Å²) < 4.78 is 7.25. The summed E-state index contributed by atoms with van der Waals surface area (Å²) in [5.41, 5.74) is 3.45. The highest BCUT2D eigenvalue weighted by Gasteiger charge is 2.47. The Balaban J connectivity index is 1.58. The van der Waals surface area contributed by atoms with Gasteiger partial charge < -0.3 is 25.6 Å². The molecule has 35 heavy (non-hydrogen) atoms. The fourth-order valence-electron chi connectivity index (χ4n) is 3.99. The summed E-state index contributed by atoms with van der Waals surface area (Å²) in [5, 5.41) is 26.8. The smallest absolute Gasteiger partial charge is 0.251 e. The predicted octanol–water partition coefficient (Wildman–Crippen LogP) is 1.17. The SMILES string of the molecule is CNC(=O)C1OC(n2cnc3c(NCc4ccccc4)nc(-c4ccc(C)nc4)nc32)C(O)C1O. The van der Waals surface area contributed by atoms with Gasteiger partial charge in [0.15, 0.2) is 35.1 Å². The number of hydrogen-bond donors (Lipinski definition) is 4. The van der Waals surface area contributed by atoms with E-state index >= 15 is 0 Å². The number of nitrogens with one attached hydrogen (secondary N) is 2. The minimum atomic E-state index is -1.41. The second-order valence-corrected chi connectivity index (χ2v) is 8.29. The first-order valence-corrected chi connectivity index (χ1v) is 11.1. The maximum Gasteiger partial charge on any atom is 0.251 e. The van der Waals surface area contributed by atoms with Gasteiger partial charge in [-0.25, -0.2) is 15.0 Å². The molecule has 1 saturated heterocycles. The standard InChI is InChI=1S/C24H25N7O4/c1-13-8-9-15(11-26-13)20-29-21(27-10-14-6-4-3-5-7-14)16-22(30-20)31(12-28-16)24-18(33)17(32)19(35-24)23(34)25-2/h3-9,11-12,17-19,24,32-33H,10H2,1-2H3,(H,25,34)(H,27,29,30). The van der Waals surface area contributed by atoms with Crippen molar-refractivity contribution < 1.29 is 19.7 Å². The summed E-state index contributed by atoms with van der Waals surface area (Å²) in [6, 6.07) is 13.6. The van der Waals surface area contributed by atoms with Crippen LogP contribution < -0.4 is 10.6 Å². The summed E-state index contributed by atoms with van der Waals surface area (Å²) in [7, 11) is 1.44. The van der Waals surface area contributed by atoms with E-state index in [-0.39, 0.29) is 0 Å². The number of pyridine rings is 1. The van der Waals surface area contributed by atoms with Crippen LogP contribution >= 0.6 is 0 Å². The van der Waals surface area contributed by atoms with Crippen LogP contribution in [0.5, 0.6) is 0 Å². The van der Waals surface area contributed by atoms with Crippen molar-refractivity contribution in [1.29, 1.82) is 0 Å². The van der Waals surface area contributed by atoms with E-state index in [1.165, 1.54) is 17.9 Å². The largest absolute Gasteiger partial charge is 0.387 e. The van der Waals surface area contributed by atoms with Crippen LogP contribution in [0, 0.1) is 6.92 Å². The highest BCUT2D eigenvalue weighted by atomic mass is 16.6. The van der Waals surface area contributed by atoms with E-state index in [0.717, 1.165) is 11.3 Å². The molecule has 0 spiro atoms. The first kappa shape index (κ1) is 22.8. The number of hydrogen-bond acceptors (Lipinski definition) is 9. The maximum atomic E-state index is 12.1. The molecule has 4 unspecified atom stereocenters. The fraction of sp³-hybridized carbons (Fsp3) is 0.292. The molecule has 1 fully saturated rings. The molecule has 11 heteroatoms. The number of fused-ring (bicyclic) bond motifs is 1. The normalized spacial score (nSPS) is 21.8. The molecule has 4 aromatic rings. The lowest BCUT2D eigenvalue weighted by molar-refractivity contribution is -0.137. The van der Waals surface area contributed by atoms with Crippen molar-refractivity contribution in [3.63, 3.8) is 0 Å². The Hall–Kier alpha value is -3.93. The number of nitrogens with zero attached hydrogens (tertiary/aromatic N) is 5. The zero-order chi connectivity index (χ0) is 24.5. The van der Waals surface area contributed by atoms with Crippen LogP contribution in [-0.2, 0) is 16.1 Å². The van der Waals surface area contributed by atoms with Gasteiger partial charge in [-0.1, -0.05) is 30.3 Å². The number of amides is 1. The van der Waals surface area contributed by atoms with Crippen molar-refractivity contribution in [1.82, 2.24) is 29.8 Å². The molecule has 0 saturated carbocycles. The third-order valence-electron chi connectivity index (χ3n) is 5.91. The summed E-state index contributed by atoms with van der Waals surface area (Å²) in [4.78, 5) is 30.3. The van der Waals surface area contributed by atoms with Crippen LogP contribution in [0.1, 0.15) is 17.5 Å².